The number of guanidine groups is 1. The van der Waals surface area contributed by atoms with Gasteiger partial charge in [-0.15, -0.1) is 0 Å². The fourth-order valence-corrected chi connectivity index (χ4v) is 4.31. The Kier molecular flexibility index (Phi) is 6.75. The number of carbonyl (C=O) groups excluding carboxylic acids is 1. The molecule has 0 unspecified atom stereocenters. The molecule has 148 valence electrons. The summed E-state index contributed by atoms with van der Waals surface area (Å²) in [6.07, 6.45) is 7.00. The number of piperazine rings is 1. The van der Waals surface area contributed by atoms with Crippen LogP contribution in [0.4, 0.5) is 0 Å². The van der Waals surface area contributed by atoms with Crippen molar-refractivity contribution in [1.29, 1.82) is 0 Å². The lowest BCUT2D eigenvalue weighted by molar-refractivity contribution is -0.122. The summed E-state index contributed by atoms with van der Waals surface area (Å²) in [5, 5.41) is 6.54. The minimum atomic E-state index is 0.0781. The number of hydrogen-bond acceptors (Lipinski definition) is 4. The molecular weight excluding hydrogens is 330 g/mol. The average molecular weight is 366 g/mol. The zero-order valence-corrected chi connectivity index (χ0v) is 16.4. The second kappa shape index (κ2) is 9.04. The molecule has 1 aliphatic heterocycles. The molecule has 3 aliphatic rings. The first-order chi connectivity index (χ1) is 12.7. The molecule has 0 radical (unpaired) electrons. The second-order valence-electron chi connectivity index (χ2n) is 8.00. The van der Waals surface area contributed by atoms with Gasteiger partial charge in [-0.1, -0.05) is 6.42 Å². The van der Waals surface area contributed by atoms with Crippen molar-refractivity contribution in [3.63, 3.8) is 0 Å². The quantitative estimate of drug-likeness (QED) is 0.373. The maximum absolute atomic E-state index is 11.9. The van der Waals surface area contributed by atoms with Crippen LogP contribution in [-0.4, -0.2) is 88.2 Å². The molecule has 1 heterocycles. The number of methoxy groups -OCH3 is 1. The topological polar surface area (TPSA) is 69.2 Å². The van der Waals surface area contributed by atoms with Crippen LogP contribution in [0.25, 0.3) is 0 Å². The molecule has 0 spiro atoms. The second-order valence-corrected chi connectivity index (χ2v) is 8.00. The number of carbonyl (C=O) groups is 1. The van der Waals surface area contributed by atoms with E-state index < -0.39 is 0 Å². The van der Waals surface area contributed by atoms with Gasteiger partial charge >= 0.3 is 0 Å². The number of rotatable bonds is 8. The highest BCUT2D eigenvalue weighted by Gasteiger charge is 2.48. The Morgan fingerprint density at radius 2 is 1.92 bits per heavy atom. The van der Waals surface area contributed by atoms with Gasteiger partial charge in [-0.05, 0) is 37.0 Å². The molecule has 7 nitrogen and oxygen atoms in total. The summed E-state index contributed by atoms with van der Waals surface area (Å²) in [5.41, 5.74) is 0.554. The van der Waals surface area contributed by atoms with E-state index in [-0.39, 0.29) is 5.91 Å². The van der Waals surface area contributed by atoms with E-state index in [2.05, 4.69) is 25.4 Å². The van der Waals surface area contributed by atoms with Gasteiger partial charge in [0.2, 0.25) is 5.91 Å². The summed E-state index contributed by atoms with van der Waals surface area (Å²) < 4.78 is 4.96. The third-order valence-electron chi connectivity index (χ3n) is 6.27. The Labute approximate surface area is 157 Å². The van der Waals surface area contributed by atoms with Gasteiger partial charge in [-0.25, -0.2) is 0 Å². The highest BCUT2D eigenvalue weighted by Crippen LogP contribution is 2.56. The average Bonchev–Trinajstić information content (AvgIpc) is 3.44. The van der Waals surface area contributed by atoms with E-state index in [1.54, 1.807) is 7.11 Å². The highest BCUT2D eigenvalue weighted by molar-refractivity contribution is 5.80. The van der Waals surface area contributed by atoms with Crippen molar-refractivity contribution in [2.24, 2.45) is 16.3 Å². The number of hydrogen-bond donors (Lipinski definition) is 2. The fourth-order valence-electron chi connectivity index (χ4n) is 4.31. The van der Waals surface area contributed by atoms with Crippen LogP contribution < -0.4 is 10.6 Å². The number of nitrogens with one attached hydrogen (secondary N) is 2. The molecule has 3 fully saturated rings. The Morgan fingerprint density at radius 1 is 1.19 bits per heavy atom. The zero-order chi connectivity index (χ0) is 18.4. The lowest BCUT2D eigenvalue weighted by Gasteiger charge is -2.44. The molecule has 2 saturated carbocycles. The summed E-state index contributed by atoms with van der Waals surface area (Å²) in [4.78, 5) is 21.0. The molecule has 1 saturated heterocycles. The molecule has 7 heteroatoms. The van der Waals surface area contributed by atoms with Gasteiger partial charge in [0, 0.05) is 53.4 Å². The molecule has 0 aromatic heterocycles. The van der Waals surface area contributed by atoms with Crippen molar-refractivity contribution in [2.75, 3.05) is 66.6 Å². The van der Waals surface area contributed by atoms with Crippen molar-refractivity contribution in [3.05, 3.63) is 0 Å². The molecule has 3 rings (SSSR count). The molecule has 0 aromatic carbocycles. The van der Waals surface area contributed by atoms with Gasteiger partial charge in [0.15, 0.2) is 5.96 Å². The molecule has 0 atom stereocenters. The summed E-state index contributed by atoms with van der Waals surface area (Å²) in [6.45, 7) is 6.31. The normalized spacial score (nSPS) is 23.5. The Bertz CT molecular complexity index is 494. The number of amides is 1. The number of ether oxygens (including phenoxy) is 1. The number of nitrogens with zero attached hydrogens (tertiary/aromatic N) is 3. The Morgan fingerprint density at radius 3 is 2.46 bits per heavy atom. The van der Waals surface area contributed by atoms with Gasteiger partial charge in [0.05, 0.1) is 13.2 Å². The SMILES string of the molecule is CN=C(NCC1(C2CC2)CCC1)N1CCN(CC(=O)NCCOC)CC1. The van der Waals surface area contributed by atoms with Crippen LogP contribution in [0, 0.1) is 11.3 Å². The summed E-state index contributed by atoms with van der Waals surface area (Å²) in [7, 11) is 3.52. The Hall–Kier alpha value is -1.34. The maximum Gasteiger partial charge on any atom is 0.234 e. The van der Waals surface area contributed by atoms with Crippen LogP contribution in [0.1, 0.15) is 32.1 Å². The van der Waals surface area contributed by atoms with Gasteiger partial charge in [0.25, 0.3) is 0 Å². The fraction of sp³-hybridized carbons (Fsp3) is 0.895. The van der Waals surface area contributed by atoms with Gasteiger partial charge < -0.3 is 20.3 Å². The van der Waals surface area contributed by atoms with E-state index in [1.807, 2.05) is 7.05 Å². The molecule has 0 bridgehead atoms. The first-order valence-electron chi connectivity index (χ1n) is 10.1. The lowest BCUT2D eigenvalue weighted by atomic mass is 9.65. The first-order valence-corrected chi connectivity index (χ1v) is 10.1. The van der Waals surface area contributed by atoms with Crippen LogP contribution in [0.3, 0.4) is 0 Å². The van der Waals surface area contributed by atoms with Crippen LogP contribution in [-0.2, 0) is 9.53 Å². The predicted molar refractivity (Wildman–Crippen MR) is 103 cm³/mol. The lowest BCUT2D eigenvalue weighted by Crippen LogP contribution is -2.55. The molecule has 26 heavy (non-hydrogen) atoms. The largest absolute Gasteiger partial charge is 0.383 e. The van der Waals surface area contributed by atoms with Crippen LogP contribution in [0.5, 0.6) is 0 Å². The summed E-state index contributed by atoms with van der Waals surface area (Å²) in [5.74, 6) is 2.06. The minimum Gasteiger partial charge on any atom is -0.383 e. The molecule has 2 N–H and O–H groups in total. The number of aliphatic imine (C=N–C) groups is 1. The van der Waals surface area contributed by atoms with E-state index >= 15 is 0 Å². The van der Waals surface area contributed by atoms with Crippen LogP contribution in [0.15, 0.2) is 4.99 Å². The minimum absolute atomic E-state index is 0.0781. The van der Waals surface area contributed by atoms with E-state index in [0.29, 0.717) is 25.1 Å². The van der Waals surface area contributed by atoms with Gasteiger partial charge in [-0.3, -0.25) is 14.7 Å². The monoisotopic (exact) mass is 365 g/mol. The van der Waals surface area contributed by atoms with Crippen molar-refractivity contribution in [2.45, 2.75) is 32.1 Å². The summed E-state index contributed by atoms with van der Waals surface area (Å²) >= 11 is 0. The smallest absolute Gasteiger partial charge is 0.234 e. The standard InChI is InChI=1S/C19H35N5O2/c1-20-18(22-15-19(6-3-7-19)16-4-5-16)24-11-9-23(10-12-24)14-17(25)21-8-13-26-2/h16H,3-15H2,1-2H3,(H,20,22)(H,21,25). The Balaban J connectivity index is 1.38. The van der Waals surface area contributed by atoms with Gasteiger partial charge in [0.1, 0.15) is 0 Å². The van der Waals surface area contributed by atoms with Crippen molar-refractivity contribution >= 4 is 11.9 Å². The third-order valence-corrected chi connectivity index (χ3v) is 6.27. The zero-order valence-electron chi connectivity index (χ0n) is 16.4. The molecular formula is C19H35N5O2. The van der Waals surface area contributed by atoms with Crippen molar-refractivity contribution in [1.82, 2.24) is 20.4 Å². The predicted octanol–water partition coefficient (Wildman–Crippen LogP) is 0.522. The van der Waals surface area contributed by atoms with E-state index in [0.717, 1.165) is 44.6 Å². The summed E-state index contributed by atoms with van der Waals surface area (Å²) in [6, 6.07) is 0. The first kappa shape index (κ1) is 19.4. The molecule has 0 aromatic rings. The van der Waals surface area contributed by atoms with E-state index in [1.165, 1.54) is 32.1 Å². The van der Waals surface area contributed by atoms with Gasteiger partial charge in [-0.2, -0.15) is 0 Å². The van der Waals surface area contributed by atoms with Crippen LogP contribution >= 0.6 is 0 Å². The van der Waals surface area contributed by atoms with Crippen LogP contribution in [0.2, 0.25) is 0 Å². The third kappa shape index (κ3) is 4.88. The van der Waals surface area contributed by atoms with E-state index in [9.17, 15) is 4.79 Å². The molecule has 2 aliphatic carbocycles. The highest BCUT2D eigenvalue weighted by atomic mass is 16.5. The van der Waals surface area contributed by atoms with Crippen molar-refractivity contribution in [3.8, 4) is 0 Å². The van der Waals surface area contributed by atoms with Crippen molar-refractivity contribution < 1.29 is 9.53 Å². The molecule has 1 amide bonds. The maximum atomic E-state index is 11.9. The van der Waals surface area contributed by atoms with E-state index in [4.69, 9.17) is 4.74 Å².